The van der Waals surface area contributed by atoms with E-state index in [4.69, 9.17) is 9.52 Å². The van der Waals surface area contributed by atoms with E-state index in [-0.39, 0.29) is 0 Å². The third kappa shape index (κ3) is 2.38. The molecule has 0 aliphatic carbocycles. The van der Waals surface area contributed by atoms with Crippen molar-refractivity contribution in [3.8, 4) is 0 Å². The van der Waals surface area contributed by atoms with Crippen molar-refractivity contribution in [3.05, 3.63) is 39.7 Å². The molecule has 15 heavy (non-hydrogen) atoms. The highest BCUT2D eigenvalue weighted by atomic mass is 127. The Morgan fingerprint density at radius 1 is 1.40 bits per heavy atom. The molecule has 2 aromatic rings. The Bertz CT molecular complexity index is 540. The molecule has 0 fully saturated rings. The van der Waals surface area contributed by atoms with E-state index in [1.807, 2.05) is 24.3 Å². The van der Waals surface area contributed by atoms with E-state index < -0.39 is 5.97 Å². The van der Waals surface area contributed by atoms with Crippen molar-refractivity contribution in [2.24, 2.45) is 0 Å². The Hall–Kier alpha value is -1.30. The van der Waals surface area contributed by atoms with Gasteiger partial charge in [-0.15, -0.1) is 0 Å². The summed E-state index contributed by atoms with van der Waals surface area (Å²) in [5.74, 6) is -0.431. The van der Waals surface area contributed by atoms with Crippen LogP contribution in [0.1, 0.15) is 5.76 Å². The number of halogens is 1. The summed E-state index contributed by atoms with van der Waals surface area (Å²) >= 11 is 2.22. The molecular formula is C11H7IO3. The van der Waals surface area contributed by atoms with Crippen LogP contribution in [0.25, 0.3) is 17.0 Å². The number of aliphatic carboxylic acids is 1. The largest absolute Gasteiger partial charge is 0.478 e. The van der Waals surface area contributed by atoms with Crippen LogP contribution in [-0.2, 0) is 4.79 Å². The maximum atomic E-state index is 10.3. The molecule has 1 N–H and O–H groups in total. The van der Waals surface area contributed by atoms with Crippen molar-refractivity contribution < 1.29 is 14.3 Å². The number of hydrogen-bond acceptors (Lipinski definition) is 2. The first kappa shape index (κ1) is 10.2. The fourth-order valence-corrected chi connectivity index (χ4v) is 1.79. The van der Waals surface area contributed by atoms with Crippen LogP contribution in [0.2, 0.25) is 0 Å². The molecule has 0 atom stereocenters. The maximum absolute atomic E-state index is 10.3. The van der Waals surface area contributed by atoms with Crippen LogP contribution in [0.4, 0.5) is 0 Å². The summed E-state index contributed by atoms with van der Waals surface area (Å²) in [6.07, 6.45) is 2.50. The van der Waals surface area contributed by atoms with Gasteiger partial charge in [-0.25, -0.2) is 4.79 Å². The number of hydrogen-bond donors (Lipinski definition) is 1. The molecule has 0 amide bonds. The molecule has 0 aliphatic heterocycles. The predicted molar refractivity (Wildman–Crippen MR) is 65.6 cm³/mol. The van der Waals surface area contributed by atoms with Crippen molar-refractivity contribution in [1.82, 2.24) is 0 Å². The van der Waals surface area contributed by atoms with Crippen molar-refractivity contribution >= 4 is 45.6 Å². The zero-order valence-electron chi connectivity index (χ0n) is 7.61. The van der Waals surface area contributed by atoms with Gasteiger partial charge >= 0.3 is 5.97 Å². The smallest absolute Gasteiger partial charge is 0.328 e. The van der Waals surface area contributed by atoms with Crippen molar-refractivity contribution in [3.63, 3.8) is 0 Å². The third-order valence-electron chi connectivity index (χ3n) is 1.89. The van der Waals surface area contributed by atoms with E-state index in [9.17, 15) is 4.79 Å². The normalized spacial score (nSPS) is 11.3. The number of furan rings is 1. The summed E-state index contributed by atoms with van der Waals surface area (Å²) in [7, 11) is 0. The number of carboxylic acids is 1. The average molecular weight is 314 g/mol. The molecule has 1 aromatic heterocycles. The first-order valence-corrected chi connectivity index (χ1v) is 5.33. The number of carboxylic acid groups (broad SMARTS) is 1. The van der Waals surface area contributed by atoms with Crippen molar-refractivity contribution in [1.29, 1.82) is 0 Å². The maximum Gasteiger partial charge on any atom is 0.328 e. The van der Waals surface area contributed by atoms with Gasteiger partial charge in [-0.05, 0) is 52.9 Å². The molecule has 0 saturated heterocycles. The molecule has 0 unspecified atom stereocenters. The molecular weight excluding hydrogens is 307 g/mol. The lowest BCUT2D eigenvalue weighted by molar-refractivity contribution is -0.131. The number of fused-ring (bicyclic) bond motifs is 1. The SMILES string of the molecule is O=C(O)/C=C/c1cc2cc(I)ccc2o1. The Kier molecular flexibility index (Phi) is 2.77. The molecule has 0 spiro atoms. The Morgan fingerprint density at radius 2 is 2.20 bits per heavy atom. The summed E-state index contributed by atoms with van der Waals surface area (Å²) in [6, 6.07) is 7.61. The predicted octanol–water partition coefficient (Wildman–Crippen LogP) is 3.14. The second kappa shape index (κ2) is 4.06. The van der Waals surface area contributed by atoms with E-state index in [2.05, 4.69) is 22.6 Å². The van der Waals surface area contributed by atoms with Crippen molar-refractivity contribution in [2.75, 3.05) is 0 Å². The highest BCUT2D eigenvalue weighted by Gasteiger charge is 2.01. The highest BCUT2D eigenvalue weighted by Crippen LogP contribution is 2.22. The number of rotatable bonds is 2. The molecule has 4 heteroatoms. The van der Waals surface area contributed by atoms with Crippen LogP contribution >= 0.6 is 22.6 Å². The Labute approximate surface area is 99.5 Å². The molecule has 0 radical (unpaired) electrons. The molecule has 1 aromatic carbocycles. The van der Waals surface area contributed by atoms with E-state index >= 15 is 0 Å². The fraction of sp³-hybridized carbons (Fsp3) is 0. The van der Waals surface area contributed by atoms with Gasteiger partial charge in [-0.3, -0.25) is 0 Å². The summed E-state index contributed by atoms with van der Waals surface area (Å²) in [6.45, 7) is 0. The van der Waals surface area contributed by atoms with Crippen LogP contribution in [0.15, 0.2) is 34.8 Å². The second-order valence-electron chi connectivity index (χ2n) is 3.00. The van der Waals surface area contributed by atoms with E-state index in [0.29, 0.717) is 5.76 Å². The number of benzene rings is 1. The zero-order chi connectivity index (χ0) is 10.8. The fourth-order valence-electron chi connectivity index (χ4n) is 1.27. The van der Waals surface area contributed by atoms with Crippen LogP contribution in [-0.4, -0.2) is 11.1 Å². The standard InChI is InChI=1S/C11H7IO3/c12-8-1-3-10-7(5-8)6-9(15-10)2-4-11(13)14/h1-6H,(H,13,14)/b4-2+. The first-order chi connectivity index (χ1) is 7.15. The molecule has 3 nitrogen and oxygen atoms in total. The Morgan fingerprint density at radius 3 is 2.93 bits per heavy atom. The van der Waals surface area contributed by atoms with Crippen LogP contribution in [0.5, 0.6) is 0 Å². The quantitative estimate of drug-likeness (QED) is 0.684. The van der Waals surface area contributed by atoms with Gasteiger partial charge in [0.2, 0.25) is 0 Å². The van der Waals surface area contributed by atoms with Gasteiger partial charge < -0.3 is 9.52 Å². The highest BCUT2D eigenvalue weighted by molar-refractivity contribution is 14.1. The zero-order valence-corrected chi connectivity index (χ0v) is 9.76. The summed E-state index contributed by atoms with van der Waals surface area (Å²) in [5.41, 5.74) is 0.764. The topological polar surface area (TPSA) is 50.4 Å². The number of carbonyl (C=O) groups is 1. The third-order valence-corrected chi connectivity index (χ3v) is 2.56. The van der Waals surface area contributed by atoms with Gasteiger partial charge in [-0.2, -0.15) is 0 Å². The van der Waals surface area contributed by atoms with E-state index in [1.54, 1.807) is 0 Å². The summed E-state index contributed by atoms with van der Waals surface area (Å²) < 4.78 is 6.54. The van der Waals surface area contributed by atoms with Gasteiger partial charge in [-0.1, -0.05) is 0 Å². The van der Waals surface area contributed by atoms with Gasteiger partial charge in [0.1, 0.15) is 11.3 Å². The molecule has 0 saturated carbocycles. The lowest BCUT2D eigenvalue weighted by Gasteiger charge is -1.87. The second-order valence-corrected chi connectivity index (χ2v) is 4.25. The first-order valence-electron chi connectivity index (χ1n) is 4.25. The van der Waals surface area contributed by atoms with Gasteiger partial charge in [0.05, 0.1) is 0 Å². The van der Waals surface area contributed by atoms with Gasteiger partial charge in [0.25, 0.3) is 0 Å². The summed E-state index contributed by atoms with van der Waals surface area (Å²) in [5, 5.41) is 9.44. The minimum absolute atomic E-state index is 0.550. The molecule has 0 aliphatic rings. The molecule has 1 heterocycles. The molecule has 76 valence electrons. The minimum Gasteiger partial charge on any atom is -0.478 e. The van der Waals surface area contributed by atoms with Crippen LogP contribution in [0, 0.1) is 3.57 Å². The Balaban J connectivity index is 2.43. The van der Waals surface area contributed by atoms with Crippen molar-refractivity contribution in [2.45, 2.75) is 0 Å². The summed E-state index contributed by atoms with van der Waals surface area (Å²) in [4.78, 5) is 10.3. The molecule has 2 rings (SSSR count). The average Bonchev–Trinajstić information content (AvgIpc) is 2.56. The van der Waals surface area contributed by atoms with Gasteiger partial charge in [0.15, 0.2) is 0 Å². The minimum atomic E-state index is -0.981. The van der Waals surface area contributed by atoms with Crippen LogP contribution < -0.4 is 0 Å². The lowest BCUT2D eigenvalue weighted by atomic mass is 10.2. The van der Waals surface area contributed by atoms with E-state index in [0.717, 1.165) is 20.6 Å². The van der Waals surface area contributed by atoms with Gasteiger partial charge in [0, 0.05) is 15.0 Å². The van der Waals surface area contributed by atoms with E-state index in [1.165, 1.54) is 6.08 Å². The molecule has 0 bridgehead atoms. The lowest BCUT2D eigenvalue weighted by Crippen LogP contribution is -1.84. The monoisotopic (exact) mass is 314 g/mol. The van der Waals surface area contributed by atoms with Crippen LogP contribution in [0.3, 0.4) is 0 Å².